The molecule has 0 aliphatic carbocycles. The van der Waals surface area contributed by atoms with Crippen molar-refractivity contribution in [3.8, 4) is 5.88 Å². The molecule has 2 aromatic heterocycles. The van der Waals surface area contributed by atoms with Gasteiger partial charge in [0, 0.05) is 42.8 Å². The number of aryl methyl sites for hydroxylation is 1. The largest absolute Gasteiger partial charge is 0.478 e. The average Bonchev–Trinajstić information content (AvgIpc) is 3.16. The van der Waals surface area contributed by atoms with Crippen LogP contribution in [-0.4, -0.2) is 40.5 Å². The van der Waals surface area contributed by atoms with Gasteiger partial charge < -0.3 is 10.1 Å². The zero-order chi connectivity index (χ0) is 18.5. The minimum Gasteiger partial charge on any atom is -0.478 e. The van der Waals surface area contributed by atoms with Crippen LogP contribution in [0.1, 0.15) is 36.4 Å². The summed E-state index contributed by atoms with van der Waals surface area (Å²) in [7, 11) is 0. The molecular formula is C19H28N4O2S2. The number of nitrogens with zero attached hydrogens (tertiary/aromatic N) is 3. The number of likely N-dealkylation sites (tertiary alicyclic amines) is 1. The molecule has 1 N–H and O–H groups in total. The van der Waals surface area contributed by atoms with E-state index in [-0.39, 0.29) is 19.4 Å². The van der Waals surface area contributed by atoms with E-state index < -0.39 is 0 Å². The molecule has 1 aliphatic rings. The number of pyridine rings is 1. The molecule has 1 unspecified atom stereocenters. The fourth-order valence-corrected chi connectivity index (χ4v) is 4.31. The first-order chi connectivity index (χ1) is 12.5. The molecule has 0 saturated carbocycles. The van der Waals surface area contributed by atoms with Crippen molar-refractivity contribution in [3.63, 3.8) is 0 Å². The lowest BCUT2D eigenvalue weighted by atomic mass is 9.99. The predicted octanol–water partition coefficient (Wildman–Crippen LogP) is 3.38. The number of thiazole rings is 1. The van der Waals surface area contributed by atoms with Gasteiger partial charge in [0.1, 0.15) is 0 Å². The van der Waals surface area contributed by atoms with Crippen LogP contribution in [0.2, 0.25) is 0 Å². The van der Waals surface area contributed by atoms with Gasteiger partial charge >= 0.3 is 0 Å². The Kier molecular flexibility index (Phi) is 8.07. The van der Waals surface area contributed by atoms with Gasteiger partial charge in [0.2, 0.25) is 11.8 Å². The molecule has 0 radical (unpaired) electrons. The van der Waals surface area contributed by atoms with Gasteiger partial charge in [-0.15, -0.1) is 11.3 Å². The molecule has 3 heterocycles. The molecule has 8 heteroatoms. The standard InChI is InChI=1S/C19H26N4O2S.H2S/c1-4-25-18-9-16(7-13(2)21-18)8-15-5-6-23(11-15)12-17-10-20-19(26-17)22-14(3)24;/h7,9-10,15H,4-6,8,11-12H2,1-3H3,(H,20,22,24);1H2. The summed E-state index contributed by atoms with van der Waals surface area (Å²) in [6.45, 7) is 9.22. The molecule has 148 valence electrons. The van der Waals surface area contributed by atoms with Crippen LogP contribution >= 0.6 is 24.8 Å². The molecule has 27 heavy (non-hydrogen) atoms. The summed E-state index contributed by atoms with van der Waals surface area (Å²) < 4.78 is 5.56. The van der Waals surface area contributed by atoms with Gasteiger partial charge in [-0.05, 0) is 50.8 Å². The Morgan fingerprint density at radius 1 is 1.44 bits per heavy atom. The van der Waals surface area contributed by atoms with Crippen LogP contribution in [0.15, 0.2) is 18.3 Å². The Hall–Kier alpha value is -1.64. The number of carbonyl (C=O) groups is 1. The third-order valence-corrected chi connectivity index (χ3v) is 5.29. The van der Waals surface area contributed by atoms with Gasteiger partial charge in [-0.3, -0.25) is 9.69 Å². The number of nitrogens with one attached hydrogen (secondary N) is 1. The maximum absolute atomic E-state index is 11.1. The zero-order valence-electron chi connectivity index (χ0n) is 16.1. The Morgan fingerprint density at radius 3 is 3.00 bits per heavy atom. The molecule has 6 nitrogen and oxygen atoms in total. The van der Waals surface area contributed by atoms with Crippen molar-refractivity contribution >= 4 is 35.9 Å². The molecule has 0 spiro atoms. The van der Waals surface area contributed by atoms with Gasteiger partial charge in [0.25, 0.3) is 0 Å². The fraction of sp³-hybridized carbons (Fsp3) is 0.526. The lowest BCUT2D eigenvalue weighted by Crippen LogP contribution is -2.20. The van der Waals surface area contributed by atoms with Crippen molar-refractivity contribution in [1.82, 2.24) is 14.9 Å². The van der Waals surface area contributed by atoms with Gasteiger partial charge in [-0.1, -0.05) is 0 Å². The molecule has 2 aromatic rings. The summed E-state index contributed by atoms with van der Waals surface area (Å²) in [6, 6.07) is 4.23. The molecule has 1 atom stereocenters. The number of aromatic nitrogens is 2. The van der Waals surface area contributed by atoms with E-state index in [0.717, 1.165) is 37.6 Å². The quantitative estimate of drug-likeness (QED) is 0.761. The van der Waals surface area contributed by atoms with Crippen molar-refractivity contribution in [2.24, 2.45) is 5.92 Å². The van der Waals surface area contributed by atoms with Crippen LogP contribution in [0.25, 0.3) is 0 Å². The van der Waals surface area contributed by atoms with Crippen LogP contribution in [0.4, 0.5) is 5.13 Å². The van der Waals surface area contributed by atoms with E-state index in [1.807, 2.05) is 20.0 Å². The highest BCUT2D eigenvalue weighted by Gasteiger charge is 2.23. The normalized spacial score (nSPS) is 16.8. The van der Waals surface area contributed by atoms with E-state index in [9.17, 15) is 4.79 Å². The average molecular weight is 409 g/mol. The van der Waals surface area contributed by atoms with Crippen molar-refractivity contribution in [1.29, 1.82) is 0 Å². The van der Waals surface area contributed by atoms with Gasteiger partial charge in [-0.2, -0.15) is 13.5 Å². The van der Waals surface area contributed by atoms with Gasteiger partial charge in [0.05, 0.1) is 6.61 Å². The smallest absolute Gasteiger partial charge is 0.223 e. The van der Waals surface area contributed by atoms with Gasteiger partial charge in [0.15, 0.2) is 5.13 Å². The Bertz CT molecular complexity index is 766. The van der Waals surface area contributed by atoms with E-state index in [0.29, 0.717) is 17.7 Å². The number of ether oxygens (including phenoxy) is 1. The lowest BCUT2D eigenvalue weighted by Gasteiger charge is -2.15. The minimum atomic E-state index is -0.0776. The third-order valence-electron chi connectivity index (χ3n) is 4.39. The van der Waals surface area contributed by atoms with E-state index in [2.05, 4.69) is 32.3 Å². The maximum atomic E-state index is 11.1. The predicted molar refractivity (Wildman–Crippen MR) is 114 cm³/mol. The third kappa shape index (κ3) is 6.48. The highest BCUT2D eigenvalue weighted by atomic mass is 32.1. The summed E-state index contributed by atoms with van der Waals surface area (Å²) in [5, 5.41) is 3.42. The van der Waals surface area contributed by atoms with Crippen molar-refractivity contribution in [3.05, 3.63) is 34.5 Å². The summed E-state index contributed by atoms with van der Waals surface area (Å²) >= 11 is 1.55. The van der Waals surface area contributed by atoms with E-state index in [1.54, 1.807) is 11.3 Å². The number of anilines is 1. The van der Waals surface area contributed by atoms with Crippen molar-refractivity contribution in [2.75, 3.05) is 25.0 Å². The van der Waals surface area contributed by atoms with E-state index in [4.69, 9.17) is 4.74 Å². The molecule has 1 amide bonds. The number of hydrogen-bond donors (Lipinski definition) is 1. The molecule has 0 aromatic carbocycles. The van der Waals surface area contributed by atoms with Crippen molar-refractivity contribution < 1.29 is 9.53 Å². The number of rotatable bonds is 7. The van der Waals surface area contributed by atoms with Crippen LogP contribution in [-0.2, 0) is 17.8 Å². The topological polar surface area (TPSA) is 67.3 Å². The second-order valence-corrected chi connectivity index (χ2v) is 7.91. The highest BCUT2D eigenvalue weighted by molar-refractivity contribution is 7.59. The monoisotopic (exact) mass is 408 g/mol. The minimum absolute atomic E-state index is 0. The van der Waals surface area contributed by atoms with E-state index >= 15 is 0 Å². The van der Waals surface area contributed by atoms with Crippen LogP contribution in [0, 0.1) is 12.8 Å². The molecular weight excluding hydrogens is 380 g/mol. The lowest BCUT2D eigenvalue weighted by molar-refractivity contribution is -0.114. The van der Waals surface area contributed by atoms with Gasteiger partial charge in [-0.25, -0.2) is 9.97 Å². The van der Waals surface area contributed by atoms with Crippen molar-refractivity contribution in [2.45, 2.75) is 40.2 Å². The number of hydrogen-bond acceptors (Lipinski definition) is 6. The number of carbonyl (C=O) groups excluding carboxylic acids is 1. The molecule has 1 saturated heterocycles. The second kappa shape index (κ2) is 10.1. The first-order valence-electron chi connectivity index (χ1n) is 9.07. The second-order valence-electron chi connectivity index (χ2n) is 6.79. The Balaban J connectivity index is 0.00000261. The zero-order valence-corrected chi connectivity index (χ0v) is 17.9. The Morgan fingerprint density at radius 2 is 2.26 bits per heavy atom. The molecule has 1 fully saturated rings. The SMILES string of the molecule is CCOc1cc(CC2CCN(Cc3cnc(NC(C)=O)s3)C2)cc(C)n1.S. The summed E-state index contributed by atoms with van der Waals surface area (Å²) in [4.78, 5) is 23.4. The molecule has 1 aliphatic heterocycles. The van der Waals surface area contributed by atoms with Crippen LogP contribution in [0.5, 0.6) is 5.88 Å². The highest BCUT2D eigenvalue weighted by Crippen LogP contribution is 2.26. The maximum Gasteiger partial charge on any atom is 0.223 e. The van der Waals surface area contributed by atoms with Crippen LogP contribution in [0.3, 0.4) is 0 Å². The van der Waals surface area contributed by atoms with Crippen LogP contribution < -0.4 is 10.1 Å². The summed E-state index contributed by atoms with van der Waals surface area (Å²) in [5.41, 5.74) is 2.31. The summed E-state index contributed by atoms with van der Waals surface area (Å²) in [6.07, 6.45) is 4.12. The summed E-state index contributed by atoms with van der Waals surface area (Å²) in [5.74, 6) is 1.30. The van der Waals surface area contributed by atoms with E-state index in [1.165, 1.54) is 23.8 Å². The number of amides is 1. The fourth-order valence-electron chi connectivity index (χ4n) is 3.41. The first kappa shape index (κ1) is 21.7. The Labute approximate surface area is 171 Å². The molecule has 0 bridgehead atoms. The first-order valence-corrected chi connectivity index (χ1v) is 9.88. The molecule has 3 rings (SSSR count).